The van der Waals surface area contributed by atoms with Gasteiger partial charge in [0.15, 0.2) is 0 Å². The Hall–Kier alpha value is -0.260. The summed E-state index contributed by atoms with van der Waals surface area (Å²) in [5.74, 6) is 0. The first kappa shape index (κ1) is 10.8. The molecule has 0 unspecified atom stereocenters. The van der Waals surface area contributed by atoms with Gasteiger partial charge in [0.05, 0.1) is 4.47 Å². The predicted molar refractivity (Wildman–Crippen MR) is 49.8 cm³/mol. The third-order valence-electron chi connectivity index (χ3n) is 1.47. The van der Waals surface area contributed by atoms with Crippen molar-refractivity contribution in [2.24, 2.45) is 5.73 Å². The molecule has 1 aromatic rings. The van der Waals surface area contributed by atoms with Crippen LogP contribution in [0.2, 0.25) is 5.15 Å². The summed E-state index contributed by atoms with van der Waals surface area (Å²) in [5.41, 5.74) is 5.22. The zero-order valence-electron chi connectivity index (χ0n) is 6.40. The largest absolute Gasteiger partial charge is 0.326 e. The number of hydrogen-bond donors (Lipinski definition) is 1. The van der Waals surface area contributed by atoms with E-state index in [4.69, 9.17) is 17.3 Å². The van der Waals surface area contributed by atoms with Crippen LogP contribution in [0.4, 0.5) is 8.78 Å². The fourth-order valence-corrected chi connectivity index (χ4v) is 1.38. The Labute approximate surface area is 87.2 Å². The van der Waals surface area contributed by atoms with Gasteiger partial charge >= 0.3 is 0 Å². The van der Waals surface area contributed by atoms with Gasteiger partial charge in [0.25, 0.3) is 6.43 Å². The van der Waals surface area contributed by atoms with Gasteiger partial charge in [0.1, 0.15) is 10.8 Å². The third-order valence-corrected chi connectivity index (χ3v) is 2.59. The van der Waals surface area contributed by atoms with Gasteiger partial charge in [0.2, 0.25) is 0 Å². The van der Waals surface area contributed by atoms with Crippen LogP contribution in [0.3, 0.4) is 0 Å². The predicted octanol–water partition coefficient (Wildman–Crippen LogP) is 2.89. The van der Waals surface area contributed by atoms with Crippen LogP contribution in [0, 0.1) is 0 Å². The minimum absolute atomic E-state index is 0.0163. The number of alkyl halides is 2. The summed E-state index contributed by atoms with van der Waals surface area (Å²) in [6.07, 6.45) is -2.65. The van der Waals surface area contributed by atoms with Crippen LogP contribution >= 0.6 is 27.5 Å². The molecule has 13 heavy (non-hydrogen) atoms. The van der Waals surface area contributed by atoms with Gasteiger partial charge in [-0.1, -0.05) is 11.6 Å². The van der Waals surface area contributed by atoms with E-state index in [-0.39, 0.29) is 17.4 Å². The summed E-state index contributed by atoms with van der Waals surface area (Å²) in [6, 6.07) is 1.46. The monoisotopic (exact) mass is 270 g/mol. The molecule has 0 aromatic carbocycles. The number of nitrogens with zero attached hydrogens (tertiary/aromatic N) is 1. The molecular formula is C7H6BrClF2N2. The first-order valence-electron chi connectivity index (χ1n) is 3.39. The van der Waals surface area contributed by atoms with Gasteiger partial charge < -0.3 is 5.73 Å². The molecule has 0 amide bonds. The van der Waals surface area contributed by atoms with Crippen molar-refractivity contribution in [2.45, 2.75) is 13.0 Å². The van der Waals surface area contributed by atoms with E-state index >= 15 is 0 Å². The molecule has 0 aliphatic heterocycles. The molecule has 0 saturated heterocycles. The van der Waals surface area contributed by atoms with E-state index in [0.29, 0.717) is 10.0 Å². The van der Waals surface area contributed by atoms with E-state index in [9.17, 15) is 8.78 Å². The number of halogens is 4. The van der Waals surface area contributed by atoms with Crippen molar-refractivity contribution in [3.05, 3.63) is 26.9 Å². The van der Waals surface area contributed by atoms with Crippen LogP contribution in [-0.2, 0) is 6.54 Å². The molecule has 1 heterocycles. The van der Waals surface area contributed by atoms with Crippen molar-refractivity contribution in [1.29, 1.82) is 0 Å². The van der Waals surface area contributed by atoms with E-state index in [1.165, 1.54) is 6.07 Å². The average molecular weight is 271 g/mol. The molecule has 0 radical (unpaired) electrons. The summed E-state index contributed by atoms with van der Waals surface area (Å²) < 4.78 is 25.1. The molecule has 0 aliphatic rings. The molecule has 6 heteroatoms. The van der Waals surface area contributed by atoms with Gasteiger partial charge in [-0.25, -0.2) is 13.8 Å². The van der Waals surface area contributed by atoms with Gasteiger partial charge in [0, 0.05) is 6.54 Å². The molecule has 2 N–H and O–H groups in total. The number of nitrogens with two attached hydrogens (primary N) is 1. The molecule has 0 bridgehead atoms. The fourth-order valence-electron chi connectivity index (χ4n) is 0.870. The van der Waals surface area contributed by atoms with Crippen LogP contribution in [0.5, 0.6) is 0 Å². The normalized spacial score (nSPS) is 10.9. The molecule has 72 valence electrons. The molecule has 0 atom stereocenters. The van der Waals surface area contributed by atoms with Gasteiger partial charge in [-0.2, -0.15) is 0 Å². The van der Waals surface area contributed by atoms with Crippen molar-refractivity contribution < 1.29 is 8.78 Å². The maximum Gasteiger partial charge on any atom is 0.280 e. The molecule has 1 rings (SSSR count). The minimum atomic E-state index is -2.65. The first-order chi connectivity index (χ1) is 6.06. The van der Waals surface area contributed by atoms with Crippen LogP contribution in [0.15, 0.2) is 10.5 Å². The fraction of sp³-hybridized carbons (Fsp3) is 0.286. The lowest BCUT2D eigenvalue weighted by Crippen LogP contribution is -2.04. The highest BCUT2D eigenvalue weighted by Crippen LogP contribution is 2.28. The number of aromatic nitrogens is 1. The van der Waals surface area contributed by atoms with Crippen LogP contribution in [0.25, 0.3) is 0 Å². The molecule has 1 aromatic heterocycles. The molecule has 0 saturated carbocycles. The summed E-state index contributed by atoms with van der Waals surface area (Å²) in [4.78, 5) is 3.53. The van der Waals surface area contributed by atoms with Crippen molar-refractivity contribution in [2.75, 3.05) is 0 Å². The van der Waals surface area contributed by atoms with Crippen molar-refractivity contribution in [3.63, 3.8) is 0 Å². The van der Waals surface area contributed by atoms with E-state index in [0.717, 1.165) is 0 Å². The highest BCUT2D eigenvalue weighted by molar-refractivity contribution is 9.10. The van der Waals surface area contributed by atoms with Crippen molar-refractivity contribution in [3.8, 4) is 0 Å². The van der Waals surface area contributed by atoms with Crippen molar-refractivity contribution in [1.82, 2.24) is 4.98 Å². The van der Waals surface area contributed by atoms with Crippen LogP contribution < -0.4 is 5.73 Å². The Morgan fingerprint density at radius 1 is 1.62 bits per heavy atom. The highest BCUT2D eigenvalue weighted by atomic mass is 79.9. The summed E-state index contributed by atoms with van der Waals surface area (Å²) >= 11 is 8.63. The lowest BCUT2D eigenvalue weighted by molar-refractivity contribution is 0.145. The topological polar surface area (TPSA) is 38.9 Å². The Kier molecular flexibility index (Phi) is 3.58. The summed E-state index contributed by atoms with van der Waals surface area (Å²) in [6.45, 7) is 0.0163. The second kappa shape index (κ2) is 4.30. The quantitative estimate of drug-likeness (QED) is 0.840. The Balaban J connectivity index is 3.25. The van der Waals surface area contributed by atoms with E-state index in [2.05, 4.69) is 20.9 Å². The maximum absolute atomic E-state index is 12.3. The molecular weight excluding hydrogens is 265 g/mol. The zero-order valence-corrected chi connectivity index (χ0v) is 8.74. The lowest BCUT2D eigenvalue weighted by atomic mass is 10.2. The Morgan fingerprint density at radius 2 is 2.23 bits per heavy atom. The Bertz CT molecular complexity index is 320. The minimum Gasteiger partial charge on any atom is -0.326 e. The number of pyridine rings is 1. The highest BCUT2D eigenvalue weighted by Gasteiger charge is 2.16. The molecule has 0 aliphatic carbocycles. The SMILES string of the molecule is NCc1cc(Br)c(Cl)nc1C(F)F. The van der Waals surface area contributed by atoms with Gasteiger partial charge in [-0.05, 0) is 27.6 Å². The van der Waals surface area contributed by atoms with Gasteiger partial charge in [-0.3, -0.25) is 0 Å². The van der Waals surface area contributed by atoms with E-state index in [1.54, 1.807) is 0 Å². The van der Waals surface area contributed by atoms with E-state index < -0.39 is 6.43 Å². The summed E-state index contributed by atoms with van der Waals surface area (Å²) in [7, 11) is 0. The molecule has 0 fully saturated rings. The van der Waals surface area contributed by atoms with Gasteiger partial charge in [-0.15, -0.1) is 0 Å². The lowest BCUT2D eigenvalue weighted by Gasteiger charge is -2.07. The average Bonchev–Trinajstić information content (AvgIpc) is 2.08. The smallest absolute Gasteiger partial charge is 0.280 e. The third kappa shape index (κ3) is 2.36. The maximum atomic E-state index is 12.3. The van der Waals surface area contributed by atoms with E-state index in [1.807, 2.05) is 0 Å². The molecule has 2 nitrogen and oxygen atoms in total. The second-order valence-corrected chi connectivity index (χ2v) is 3.52. The Morgan fingerprint density at radius 3 is 2.69 bits per heavy atom. The standard InChI is InChI=1S/C7H6BrClF2N2/c8-4-1-3(2-12)5(7(10)11)13-6(4)9/h1,7H,2,12H2. The van der Waals surface area contributed by atoms with Crippen molar-refractivity contribution >= 4 is 27.5 Å². The second-order valence-electron chi connectivity index (χ2n) is 2.31. The zero-order chi connectivity index (χ0) is 10.0. The first-order valence-corrected chi connectivity index (χ1v) is 4.56. The summed E-state index contributed by atoms with van der Waals surface area (Å²) in [5, 5.41) is 0.0208. The van der Waals surface area contributed by atoms with Crippen LogP contribution in [0.1, 0.15) is 17.7 Å². The number of hydrogen-bond acceptors (Lipinski definition) is 2. The number of rotatable bonds is 2. The van der Waals surface area contributed by atoms with Crippen LogP contribution in [-0.4, -0.2) is 4.98 Å². The molecule has 0 spiro atoms.